The molecule has 1 atom stereocenters. The predicted octanol–water partition coefficient (Wildman–Crippen LogP) is 1.91. The SMILES string of the molecule is C[C@H](CO)Nc1nc(SCc2cccc(F)c2F)nc2[nH]c(=O)c(N3CCOCC3)nc12. The molecule has 0 radical (unpaired) electrons. The van der Waals surface area contributed by atoms with Crippen LogP contribution in [-0.2, 0) is 10.5 Å². The van der Waals surface area contributed by atoms with Gasteiger partial charge < -0.3 is 25.0 Å². The van der Waals surface area contributed by atoms with E-state index in [0.29, 0.717) is 37.6 Å². The molecule has 12 heteroatoms. The number of aliphatic hydroxyl groups is 1. The Bertz CT molecular complexity index is 1170. The van der Waals surface area contributed by atoms with Crippen LogP contribution in [0.4, 0.5) is 20.4 Å². The van der Waals surface area contributed by atoms with Gasteiger partial charge in [0.15, 0.2) is 39.6 Å². The summed E-state index contributed by atoms with van der Waals surface area (Å²) in [4.78, 5) is 30.6. The lowest BCUT2D eigenvalue weighted by Crippen LogP contribution is -2.40. The average molecular weight is 464 g/mol. The minimum atomic E-state index is -0.925. The van der Waals surface area contributed by atoms with Crippen LogP contribution in [0.15, 0.2) is 28.2 Å². The van der Waals surface area contributed by atoms with E-state index >= 15 is 0 Å². The Hall–Kier alpha value is -2.83. The van der Waals surface area contributed by atoms with Crippen LogP contribution >= 0.6 is 11.8 Å². The Morgan fingerprint density at radius 2 is 2.06 bits per heavy atom. The third-order valence-electron chi connectivity index (χ3n) is 4.87. The Morgan fingerprint density at radius 3 is 2.81 bits per heavy atom. The molecule has 0 spiro atoms. The molecule has 1 saturated heterocycles. The third kappa shape index (κ3) is 4.81. The molecule has 0 aliphatic carbocycles. The lowest BCUT2D eigenvalue weighted by Gasteiger charge is -2.27. The summed E-state index contributed by atoms with van der Waals surface area (Å²) in [7, 11) is 0. The quantitative estimate of drug-likeness (QED) is 0.356. The summed E-state index contributed by atoms with van der Waals surface area (Å²) in [6, 6.07) is 3.63. The number of aromatic nitrogens is 4. The van der Waals surface area contributed by atoms with Crippen molar-refractivity contribution < 1.29 is 18.6 Å². The minimum Gasteiger partial charge on any atom is -0.394 e. The maximum atomic E-state index is 14.0. The van der Waals surface area contributed by atoms with Gasteiger partial charge in [0.05, 0.1) is 19.8 Å². The topological polar surface area (TPSA) is 116 Å². The fraction of sp³-hybridized carbons (Fsp3) is 0.400. The first-order valence-electron chi connectivity index (χ1n) is 10.0. The second kappa shape index (κ2) is 9.76. The predicted molar refractivity (Wildman–Crippen MR) is 117 cm³/mol. The maximum Gasteiger partial charge on any atom is 0.292 e. The van der Waals surface area contributed by atoms with Crippen LogP contribution in [0.2, 0.25) is 0 Å². The number of H-pyrrole nitrogens is 1. The largest absolute Gasteiger partial charge is 0.394 e. The first-order chi connectivity index (χ1) is 15.5. The maximum absolute atomic E-state index is 14.0. The summed E-state index contributed by atoms with van der Waals surface area (Å²) in [6.07, 6.45) is 0. The highest BCUT2D eigenvalue weighted by Gasteiger charge is 2.20. The summed E-state index contributed by atoms with van der Waals surface area (Å²) in [5.41, 5.74) is 0.321. The molecule has 3 N–H and O–H groups in total. The van der Waals surface area contributed by atoms with E-state index in [4.69, 9.17) is 4.74 Å². The highest BCUT2D eigenvalue weighted by molar-refractivity contribution is 7.98. The van der Waals surface area contributed by atoms with Crippen molar-refractivity contribution in [2.45, 2.75) is 23.9 Å². The molecule has 1 aliphatic heterocycles. The number of thioether (sulfide) groups is 1. The van der Waals surface area contributed by atoms with Crippen molar-refractivity contribution in [2.24, 2.45) is 0 Å². The van der Waals surface area contributed by atoms with Gasteiger partial charge in [-0.3, -0.25) is 4.79 Å². The van der Waals surface area contributed by atoms with Gasteiger partial charge in [0, 0.05) is 30.4 Å². The second-order valence-corrected chi connectivity index (χ2v) is 8.21. The van der Waals surface area contributed by atoms with Crippen molar-refractivity contribution in [2.75, 3.05) is 43.1 Å². The highest BCUT2D eigenvalue weighted by Crippen LogP contribution is 2.27. The molecule has 3 heterocycles. The van der Waals surface area contributed by atoms with Gasteiger partial charge in [-0.15, -0.1) is 0 Å². The number of fused-ring (bicyclic) bond motifs is 1. The van der Waals surface area contributed by atoms with Gasteiger partial charge in [0.25, 0.3) is 5.56 Å². The number of anilines is 2. The summed E-state index contributed by atoms with van der Waals surface area (Å²) >= 11 is 1.09. The van der Waals surface area contributed by atoms with E-state index in [-0.39, 0.29) is 40.6 Å². The fourth-order valence-corrected chi connectivity index (χ4v) is 4.00. The molecule has 3 aromatic rings. The summed E-state index contributed by atoms with van der Waals surface area (Å²) in [5, 5.41) is 12.8. The lowest BCUT2D eigenvalue weighted by atomic mass is 10.2. The number of morpholine rings is 1. The van der Waals surface area contributed by atoms with Crippen LogP contribution in [0.25, 0.3) is 11.2 Å². The first-order valence-corrected chi connectivity index (χ1v) is 11.0. The fourth-order valence-electron chi connectivity index (χ4n) is 3.18. The van der Waals surface area contributed by atoms with Crippen molar-refractivity contribution in [3.05, 3.63) is 45.8 Å². The average Bonchev–Trinajstić information content (AvgIpc) is 2.80. The molecule has 2 aromatic heterocycles. The van der Waals surface area contributed by atoms with E-state index in [9.17, 15) is 18.7 Å². The number of hydrogen-bond acceptors (Lipinski definition) is 9. The molecule has 0 saturated carbocycles. The van der Waals surface area contributed by atoms with Gasteiger partial charge in [-0.25, -0.2) is 23.7 Å². The number of aromatic amines is 1. The molecule has 0 bridgehead atoms. The number of benzene rings is 1. The molecule has 0 amide bonds. The van der Waals surface area contributed by atoms with Gasteiger partial charge in [-0.1, -0.05) is 23.9 Å². The van der Waals surface area contributed by atoms with Gasteiger partial charge in [0.1, 0.15) is 0 Å². The zero-order valence-corrected chi connectivity index (χ0v) is 18.1. The molecule has 32 heavy (non-hydrogen) atoms. The van der Waals surface area contributed by atoms with Crippen molar-refractivity contribution >= 4 is 34.6 Å². The number of nitrogens with zero attached hydrogens (tertiary/aromatic N) is 4. The number of hydrogen-bond donors (Lipinski definition) is 3. The first kappa shape index (κ1) is 22.4. The summed E-state index contributed by atoms with van der Waals surface area (Å²) < 4.78 is 32.8. The Balaban J connectivity index is 1.71. The van der Waals surface area contributed by atoms with E-state index in [1.165, 1.54) is 12.1 Å². The van der Waals surface area contributed by atoms with Gasteiger partial charge in [-0.05, 0) is 13.0 Å². The van der Waals surface area contributed by atoms with Crippen LogP contribution in [0.5, 0.6) is 0 Å². The molecule has 1 aromatic carbocycles. The van der Waals surface area contributed by atoms with E-state index in [1.54, 1.807) is 6.92 Å². The van der Waals surface area contributed by atoms with E-state index < -0.39 is 17.2 Å². The third-order valence-corrected chi connectivity index (χ3v) is 5.77. The van der Waals surface area contributed by atoms with Crippen molar-refractivity contribution in [3.8, 4) is 0 Å². The molecule has 170 valence electrons. The molecular weight excluding hydrogens is 442 g/mol. The Kier molecular flexibility index (Phi) is 6.82. The molecule has 9 nitrogen and oxygen atoms in total. The lowest BCUT2D eigenvalue weighted by molar-refractivity contribution is 0.122. The van der Waals surface area contributed by atoms with Crippen molar-refractivity contribution in [1.29, 1.82) is 0 Å². The van der Waals surface area contributed by atoms with E-state index in [2.05, 4.69) is 25.3 Å². The van der Waals surface area contributed by atoms with Crippen LogP contribution in [0, 0.1) is 11.6 Å². The van der Waals surface area contributed by atoms with Crippen LogP contribution in [0.3, 0.4) is 0 Å². The normalized spacial score (nSPS) is 15.2. The monoisotopic (exact) mass is 464 g/mol. The molecule has 1 aliphatic rings. The summed E-state index contributed by atoms with van der Waals surface area (Å²) in [6.45, 7) is 3.67. The van der Waals surface area contributed by atoms with E-state index in [1.807, 2.05) is 4.90 Å². The summed E-state index contributed by atoms with van der Waals surface area (Å²) in [5.74, 6) is -1.19. The van der Waals surface area contributed by atoms with Crippen LogP contribution < -0.4 is 15.8 Å². The van der Waals surface area contributed by atoms with Gasteiger partial charge in [-0.2, -0.15) is 0 Å². The minimum absolute atomic E-state index is 0.0909. The molecule has 1 fully saturated rings. The van der Waals surface area contributed by atoms with Crippen molar-refractivity contribution in [3.63, 3.8) is 0 Å². The molecular formula is C20H22F2N6O3S. The van der Waals surface area contributed by atoms with Crippen LogP contribution in [0.1, 0.15) is 12.5 Å². The standard InChI is InChI=1S/C20H22F2N6O3S/c1-11(9-29)23-16-15-17(25-19(30)18(24-15)28-5-7-31-8-6-28)27-20(26-16)32-10-12-3-2-4-13(21)14(12)22/h2-4,11,29H,5-10H2,1H3,(H2,23,25,26,27,30)/t11-/m1/s1. The van der Waals surface area contributed by atoms with Gasteiger partial charge >= 0.3 is 0 Å². The molecule has 4 rings (SSSR count). The number of nitrogens with one attached hydrogen (secondary N) is 2. The van der Waals surface area contributed by atoms with E-state index in [0.717, 1.165) is 17.8 Å². The smallest absolute Gasteiger partial charge is 0.292 e. The number of halogens is 2. The highest BCUT2D eigenvalue weighted by atomic mass is 32.2. The number of ether oxygens (including phenoxy) is 1. The number of rotatable bonds is 7. The zero-order chi connectivity index (χ0) is 22.7. The van der Waals surface area contributed by atoms with Crippen molar-refractivity contribution in [1.82, 2.24) is 19.9 Å². The Labute approximate surface area is 186 Å². The Morgan fingerprint density at radius 1 is 1.28 bits per heavy atom. The number of aliphatic hydroxyl groups excluding tert-OH is 1. The second-order valence-electron chi connectivity index (χ2n) is 7.27. The van der Waals surface area contributed by atoms with Gasteiger partial charge in [0.2, 0.25) is 0 Å². The van der Waals surface area contributed by atoms with Crippen LogP contribution in [-0.4, -0.2) is 64.0 Å². The zero-order valence-electron chi connectivity index (χ0n) is 17.3. The molecule has 0 unspecified atom stereocenters.